The van der Waals surface area contributed by atoms with Gasteiger partial charge in [0.25, 0.3) is 8.53 Å². The molecule has 0 aromatic carbocycles. The SMILES string of the molecule is [2H]CC1OC(n2ccc(NC(C)=O)nc2=O)C(F)C1OP(OCCCC)N(C(C)C)C(C)C. The minimum atomic E-state index is -1.72. The van der Waals surface area contributed by atoms with Gasteiger partial charge in [0, 0.05) is 26.6 Å². The maximum atomic E-state index is 15.6. The van der Waals surface area contributed by atoms with E-state index in [0.717, 1.165) is 17.4 Å². The van der Waals surface area contributed by atoms with Crippen molar-refractivity contribution in [2.45, 2.75) is 98.0 Å². The van der Waals surface area contributed by atoms with Crippen LogP contribution >= 0.6 is 8.53 Å². The van der Waals surface area contributed by atoms with Crippen molar-refractivity contribution in [2.24, 2.45) is 0 Å². The maximum absolute atomic E-state index is 15.6. The Hall–Kier alpha value is -1.45. The van der Waals surface area contributed by atoms with Crippen molar-refractivity contribution < 1.29 is 24.3 Å². The fraction of sp³-hybridized carbons (Fsp3) is 0.762. The fourth-order valence-corrected chi connectivity index (χ4v) is 5.22. The van der Waals surface area contributed by atoms with Crippen LogP contribution in [0.4, 0.5) is 10.2 Å². The smallest absolute Gasteiger partial charge is 0.349 e. The van der Waals surface area contributed by atoms with Crippen LogP contribution in [0.25, 0.3) is 0 Å². The molecule has 1 aromatic heterocycles. The van der Waals surface area contributed by atoms with E-state index in [-0.39, 0.29) is 30.7 Å². The van der Waals surface area contributed by atoms with Gasteiger partial charge < -0.3 is 19.1 Å². The highest BCUT2D eigenvalue weighted by Crippen LogP contribution is 2.50. The molecule has 1 fully saturated rings. The number of nitrogens with zero attached hydrogens (tertiary/aromatic N) is 3. The van der Waals surface area contributed by atoms with Gasteiger partial charge in [-0.15, -0.1) is 0 Å². The van der Waals surface area contributed by atoms with Gasteiger partial charge in [0.05, 0.1) is 12.7 Å². The summed E-state index contributed by atoms with van der Waals surface area (Å²) in [6.07, 6.45) is -1.86. The summed E-state index contributed by atoms with van der Waals surface area (Å²) in [7, 11) is -1.62. The third-order valence-electron chi connectivity index (χ3n) is 4.83. The lowest BCUT2D eigenvalue weighted by Crippen LogP contribution is -2.38. The lowest BCUT2D eigenvalue weighted by molar-refractivity contribution is -0.114. The first-order valence-electron chi connectivity index (χ1n) is 11.6. The van der Waals surface area contributed by atoms with Crippen molar-refractivity contribution in [3.63, 3.8) is 0 Å². The molecular weight excluding hydrogens is 438 g/mol. The molecule has 2 rings (SSSR count). The Morgan fingerprint density at radius 3 is 2.66 bits per heavy atom. The molecule has 182 valence electrons. The number of hydrogen-bond donors (Lipinski definition) is 1. The average Bonchev–Trinajstić information content (AvgIpc) is 3.02. The van der Waals surface area contributed by atoms with Gasteiger partial charge >= 0.3 is 5.69 Å². The number of alkyl halides is 1. The second-order valence-corrected chi connectivity index (χ2v) is 9.66. The Morgan fingerprint density at radius 2 is 2.12 bits per heavy atom. The molecule has 1 aromatic rings. The summed E-state index contributed by atoms with van der Waals surface area (Å²) in [6, 6.07) is 1.58. The van der Waals surface area contributed by atoms with Crippen LogP contribution in [0.1, 0.15) is 68.9 Å². The van der Waals surface area contributed by atoms with E-state index in [1.165, 1.54) is 19.2 Å². The van der Waals surface area contributed by atoms with Crippen LogP contribution in [0, 0.1) is 0 Å². The number of halogens is 1. The Bertz CT molecular complexity index is 822. The summed E-state index contributed by atoms with van der Waals surface area (Å²) < 4.78 is 44.5. The zero-order chi connectivity index (χ0) is 24.7. The van der Waals surface area contributed by atoms with Crippen LogP contribution in [-0.4, -0.2) is 57.2 Å². The molecule has 11 heteroatoms. The molecular formula is C21H36FN4O5P. The predicted molar refractivity (Wildman–Crippen MR) is 122 cm³/mol. The zero-order valence-electron chi connectivity index (χ0n) is 20.7. The highest BCUT2D eigenvalue weighted by atomic mass is 31.2. The highest BCUT2D eigenvalue weighted by Gasteiger charge is 2.47. The number of hydrogen-bond acceptors (Lipinski definition) is 7. The first kappa shape index (κ1) is 25.2. The molecule has 0 bridgehead atoms. The Balaban J connectivity index is 2.27. The summed E-state index contributed by atoms with van der Waals surface area (Å²) in [6.45, 7) is 11.7. The Kier molecular flexibility index (Phi) is 9.55. The van der Waals surface area contributed by atoms with E-state index in [9.17, 15) is 9.59 Å². The van der Waals surface area contributed by atoms with Gasteiger partial charge in [0.15, 0.2) is 12.4 Å². The minimum Gasteiger partial charge on any atom is -0.349 e. The number of unbranched alkanes of at least 4 members (excludes halogenated alkanes) is 1. The molecule has 5 unspecified atom stereocenters. The number of carbonyl (C=O) groups is 1. The lowest BCUT2D eigenvalue weighted by Gasteiger charge is -2.37. The van der Waals surface area contributed by atoms with E-state index in [1.807, 2.05) is 27.7 Å². The van der Waals surface area contributed by atoms with Gasteiger partial charge in [0.2, 0.25) is 5.91 Å². The number of aromatic nitrogens is 2. The monoisotopic (exact) mass is 475 g/mol. The van der Waals surface area contributed by atoms with Crippen molar-refractivity contribution >= 4 is 20.3 Å². The molecule has 0 spiro atoms. The van der Waals surface area contributed by atoms with Gasteiger partial charge in [-0.1, -0.05) is 13.3 Å². The van der Waals surface area contributed by atoms with Crippen LogP contribution in [0.5, 0.6) is 0 Å². The van der Waals surface area contributed by atoms with E-state index < -0.39 is 38.8 Å². The predicted octanol–water partition coefficient (Wildman–Crippen LogP) is 4.00. The molecule has 32 heavy (non-hydrogen) atoms. The van der Waals surface area contributed by atoms with E-state index in [1.54, 1.807) is 0 Å². The topological polar surface area (TPSA) is 94.9 Å². The van der Waals surface area contributed by atoms with Gasteiger partial charge in [-0.25, -0.2) is 13.9 Å². The largest absolute Gasteiger partial charge is 0.351 e. The van der Waals surface area contributed by atoms with Gasteiger partial charge in [-0.05, 0) is 47.1 Å². The van der Waals surface area contributed by atoms with Crippen molar-refractivity contribution in [1.82, 2.24) is 14.2 Å². The quantitative estimate of drug-likeness (QED) is 0.382. The van der Waals surface area contributed by atoms with E-state index in [4.69, 9.17) is 15.2 Å². The van der Waals surface area contributed by atoms with Crippen LogP contribution in [-0.2, 0) is 18.6 Å². The fourth-order valence-electron chi connectivity index (χ4n) is 3.42. The summed E-state index contributed by atoms with van der Waals surface area (Å²) in [5, 5.41) is 2.42. The van der Waals surface area contributed by atoms with Crippen molar-refractivity contribution in [3.05, 3.63) is 22.7 Å². The van der Waals surface area contributed by atoms with Crippen LogP contribution in [0.2, 0.25) is 0 Å². The molecule has 5 atom stereocenters. The molecule has 1 amide bonds. The molecule has 2 heterocycles. The number of anilines is 1. The summed E-state index contributed by atoms with van der Waals surface area (Å²) in [5.41, 5.74) is -0.772. The third kappa shape index (κ3) is 6.78. The van der Waals surface area contributed by atoms with E-state index >= 15 is 4.39 Å². The lowest BCUT2D eigenvalue weighted by atomic mass is 10.2. The molecule has 1 N–H and O–H groups in total. The molecule has 1 aliphatic heterocycles. The molecule has 0 aliphatic carbocycles. The second-order valence-electron chi connectivity index (χ2n) is 8.26. The van der Waals surface area contributed by atoms with Crippen molar-refractivity contribution in [1.29, 1.82) is 0 Å². The number of nitrogens with one attached hydrogen (secondary N) is 1. The van der Waals surface area contributed by atoms with Crippen molar-refractivity contribution in [3.8, 4) is 0 Å². The first-order chi connectivity index (χ1) is 15.6. The number of carbonyl (C=O) groups excluding carboxylic acids is 1. The zero-order valence-corrected chi connectivity index (χ0v) is 20.5. The highest BCUT2D eigenvalue weighted by molar-refractivity contribution is 7.44. The Morgan fingerprint density at radius 1 is 1.44 bits per heavy atom. The van der Waals surface area contributed by atoms with Crippen LogP contribution < -0.4 is 11.0 Å². The van der Waals surface area contributed by atoms with Crippen molar-refractivity contribution in [2.75, 3.05) is 11.9 Å². The first-order valence-corrected chi connectivity index (χ1v) is 12.1. The van der Waals surface area contributed by atoms with E-state index in [0.29, 0.717) is 6.61 Å². The molecule has 1 aliphatic rings. The molecule has 0 radical (unpaired) electrons. The third-order valence-corrected chi connectivity index (χ3v) is 6.96. The molecule has 0 saturated carbocycles. The number of rotatable bonds is 11. The summed E-state index contributed by atoms with van der Waals surface area (Å²) in [4.78, 5) is 27.4. The minimum absolute atomic E-state index is 0.0688. The van der Waals surface area contributed by atoms with Gasteiger partial charge in [-0.3, -0.25) is 9.36 Å². The maximum Gasteiger partial charge on any atom is 0.351 e. The normalized spacial score (nSPS) is 24.9. The number of amides is 1. The second kappa shape index (κ2) is 12.1. The summed E-state index contributed by atoms with van der Waals surface area (Å²) in [5.74, 6) is -0.307. The van der Waals surface area contributed by atoms with Crippen LogP contribution in [0.15, 0.2) is 17.1 Å². The van der Waals surface area contributed by atoms with Gasteiger partial charge in [-0.2, -0.15) is 4.98 Å². The average molecular weight is 476 g/mol. The molecule has 1 saturated heterocycles. The summed E-state index contributed by atoms with van der Waals surface area (Å²) >= 11 is 0. The van der Waals surface area contributed by atoms with Gasteiger partial charge in [0.1, 0.15) is 11.9 Å². The standard InChI is InChI=1S/C21H36FN4O5P/c1-8-9-12-29-32(26(13(2)3)14(4)5)31-19-15(6)30-20(18(19)22)25-11-10-17(23-16(7)27)24-21(25)28/h10-11,13-15,18-20H,8-9,12H2,1-7H3,(H,23,24,27,28)/i6D. The number of ether oxygens (including phenoxy) is 1. The Labute approximate surface area is 192 Å². The van der Waals surface area contributed by atoms with E-state index in [2.05, 4.69) is 21.9 Å². The van der Waals surface area contributed by atoms with Crippen LogP contribution in [0.3, 0.4) is 0 Å². The molecule has 9 nitrogen and oxygen atoms in total.